The molecule has 0 aromatic heterocycles. The number of rotatable bonds is 4. The van der Waals surface area contributed by atoms with E-state index < -0.39 is 0 Å². The molecule has 2 unspecified atom stereocenters. The third-order valence-corrected chi connectivity index (χ3v) is 4.96. The van der Waals surface area contributed by atoms with E-state index in [4.69, 9.17) is 0 Å². The van der Waals surface area contributed by atoms with Gasteiger partial charge in [0.15, 0.2) is 0 Å². The Morgan fingerprint density at radius 3 is 3.00 bits per heavy atom. The molecule has 2 saturated heterocycles. The molecule has 2 heterocycles. The first kappa shape index (κ1) is 11.7. The largest absolute Gasteiger partial charge is 0.316 e. The molecule has 2 aliphatic heterocycles. The molecule has 88 valence electrons. The fourth-order valence-corrected chi connectivity index (χ4v) is 3.91. The molecular weight excluding hydrogens is 204 g/mol. The number of nitrogens with zero attached hydrogens (tertiary/aromatic N) is 1. The molecule has 1 N–H and O–H groups in total. The van der Waals surface area contributed by atoms with E-state index in [2.05, 4.69) is 29.0 Å². The van der Waals surface area contributed by atoms with Crippen molar-refractivity contribution >= 4 is 11.8 Å². The zero-order valence-corrected chi connectivity index (χ0v) is 10.7. The molecule has 15 heavy (non-hydrogen) atoms. The van der Waals surface area contributed by atoms with E-state index >= 15 is 0 Å². The summed E-state index contributed by atoms with van der Waals surface area (Å²) in [4.78, 5) is 2.59. The highest BCUT2D eigenvalue weighted by Crippen LogP contribution is 2.22. The highest BCUT2D eigenvalue weighted by atomic mass is 32.2. The molecule has 0 amide bonds. The molecule has 3 heteroatoms. The zero-order chi connectivity index (χ0) is 10.5. The highest BCUT2D eigenvalue weighted by molar-refractivity contribution is 7.99. The van der Waals surface area contributed by atoms with Gasteiger partial charge >= 0.3 is 0 Å². The Morgan fingerprint density at radius 1 is 1.40 bits per heavy atom. The molecule has 2 fully saturated rings. The van der Waals surface area contributed by atoms with E-state index in [1.54, 1.807) is 0 Å². The van der Waals surface area contributed by atoms with Gasteiger partial charge in [0.25, 0.3) is 0 Å². The Balaban J connectivity index is 1.63. The highest BCUT2D eigenvalue weighted by Gasteiger charge is 2.21. The number of hydrogen-bond donors (Lipinski definition) is 1. The van der Waals surface area contributed by atoms with E-state index in [1.165, 1.54) is 56.8 Å². The van der Waals surface area contributed by atoms with Crippen LogP contribution in [0.25, 0.3) is 0 Å². The summed E-state index contributed by atoms with van der Waals surface area (Å²) < 4.78 is 0. The molecule has 0 bridgehead atoms. The van der Waals surface area contributed by atoms with Crippen LogP contribution in [-0.4, -0.2) is 49.1 Å². The molecule has 2 atom stereocenters. The van der Waals surface area contributed by atoms with Gasteiger partial charge in [-0.2, -0.15) is 11.8 Å². The van der Waals surface area contributed by atoms with Crippen LogP contribution >= 0.6 is 11.8 Å². The Kier molecular flexibility index (Phi) is 4.79. The van der Waals surface area contributed by atoms with Gasteiger partial charge in [-0.15, -0.1) is 0 Å². The number of nitrogens with one attached hydrogen (secondary N) is 1. The minimum absolute atomic E-state index is 0.867. The Hall–Kier alpha value is 0.270. The summed E-state index contributed by atoms with van der Waals surface area (Å²) >= 11 is 2.12. The monoisotopic (exact) mass is 228 g/mol. The summed E-state index contributed by atoms with van der Waals surface area (Å²) in [7, 11) is 2.31. The molecule has 0 radical (unpaired) electrons. The number of thioether (sulfide) groups is 1. The van der Waals surface area contributed by atoms with Gasteiger partial charge in [-0.1, -0.05) is 0 Å². The lowest BCUT2D eigenvalue weighted by Crippen LogP contribution is -2.36. The molecule has 0 aromatic carbocycles. The van der Waals surface area contributed by atoms with Crippen LogP contribution in [0.1, 0.15) is 25.7 Å². The molecular formula is C12H24N2S. The van der Waals surface area contributed by atoms with Gasteiger partial charge in [0.2, 0.25) is 0 Å². The van der Waals surface area contributed by atoms with Gasteiger partial charge in [-0.25, -0.2) is 0 Å². The average molecular weight is 228 g/mol. The second kappa shape index (κ2) is 6.12. The summed E-state index contributed by atoms with van der Waals surface area (Å²) in [6.45, 7) is 3.80. The summed E-state index contributed by atoms with van der Waals surface area (Å²) in [6.07, 6.45) is 5.63. The SMILES string of the molecule is CN(CCC1CCCNC1)C1CCSC1. The van der Waals surface area contributed by atoms with Gasteiger partial charge in [-0.3, -0.25) is 0 Å². The topological polar surface area (TPSA) is 15.3 Å². The van der Waals surface area contributed by atoms with E-state index in [9.17, 15) is 0 Å². The van der Waals surface area contributed by atoms with Crippen LogP contribution in [0.15, 0.2) is 0 Å². The van der Waals surface area contributed by atoms with Crippen molar-refractivity contribution in [3.63, 3.8) is 0 Å². The predicted octanol–water partition coefficient (Wildman–Crippen LogP) is 1.81. The van der Waals surface area contributed by atoms with Crippen molar-refractivity contribution in [1.29, 1.82) is 0 Å². The van der Waals surface area contributed by atoms with Crippen LogP contribution < -0.4 is 5.32 Å². The van der Waals surface area contributed by atoms with Gasteiger partial charge in [0.05, 0.1) is 0 Å². The van der Waals surface area contributed by atoms with Gasteiger partial charge in [0, 0.05) is 11.8 Å². The van der Waals surface area contributed by atoms with E-state index in [0.717, 1.165) is 12.0 Å². The normalized spacial score (nSPS) is 32.4. The van der Waals surface area contributed by atoms with Crippen LogP contribution in [0, 0.1) is 5.92 Å². The van der Waals surface area contributed by atoms with E-state index in [0.29, 0.717) is 0 Å². The summed E-state index contributed by atoms with van der Waals surface area (Å²) in [5.41, 5.74) is 0. The average Bonchev–Trinajstić information content (AvgIpc) is 2.81. The molecule has 2 nitrogen and oxygen atoms in total. The van der Waals surface area contributed by atoms with E-state index in [-0.39, 0.29) is 0 Å². The van der Waals surface area contributed by atoms with Crippen molar-refractivity contribution in [1.82, 2.24) is 10.2 Å². The molecule has 2 rings (SSSR count). The van der Waals surface area contributed by atoms with Crippen molar-refractivity contribution in [3.05, 3.63) is 0 Å². The van der Waals surface area contributed by atoms with Gasteiger partial charge in [-0.05, 0) is 64.0 Å². The van der Waals surface area contributed by atoms with Crippen molar-refractivity contribution in [2.24, 2.45) is 5.92 Å². The zero-order valence-electron chi connectivity index (χ0n) is 9.87. The second-order valence-corrected chi connectivity index (χ2v) is 6.15. The predicted molar refractivity (Wildman–Crippen MR) is 68.6 cm³/mol. The molecule has 2 aliphatic rings. The van der Waals surface area contributed by atoms with Gasteiger partial charge < -0.3 is 10.2 Å². The first-order chi connectivity index (χ1) is 7.36. The van der Waals surface area contributed by atoms with Crippen LogP contribution in [0.3, 0.4) is 0 Å². The Labute approximate surface area is 98.2 Å². The smallest absolute Gasteiger partial charge is 0.0191 e. The lowest BCUT2D eigenvalue weighted by Gasteiger charge is -2.28. The third-order valence-electron chi connectivity index (χ3n) is 3.82. The Bertz CT molecular complexity index is 174. The lowest BCUT2D eigenvalue weighted by atomic mass is 9.96. The first-order valence-corrected chi connectivity index (χ1v) is 7.50. The second-order valence-electron chi connectivity index (χ2n) is 5.00. The maximum Gasteiger partial charge on any atom is 0.0191 e. The Morgan fingerprint density at radius 2 is 2.33 bits per heavy atom. The first-order valence-electron chi connectivity index (χ1n) is 6.35. The number of piperidine rings is 1. The molecule has 0 saturated carbocycles. The number of hydrogen-bond acceptors (Lipinski definition) is 3. The van der Waals surface area contributed by atoms with E-state index in [1.807, 2.05) is 0 Å². The summed E-state index contributed by atoms with van der Waals surface area (Å²) in [5, 5.41) is 3.51. The minimum atomic E-state index is 0.867. The maximum atomic E-state index is 3.51. The van der Waals surface area contributed by atoms with Crippen LogP contribution in [0.4, 0.5) is 0 Å². The van der Waals surface area contributed by atoms with Crippen molar-refractivity contribution in [2.75, 3.05) is 38.2 Å². The van der Waals surface area contributed by atoms with Crippen LogP contribution in [0.5, 0.6) is 0 Å². The standard InChI is InChI=1S/C12H24N2S/c1-14(12-5-8-15-10-12)7-4-11-3-2-6-13-9-11/h11-13H,2-10H2,1H3. The quantitative estimate of drug-likeness (QED) is 0.790. The van der Waals surface area contributed by atoms with Gasteiger partial charge in [0.1, 0.15) is 0 Å². The van der Waals surface area contributed by atoms with Crippen LogP contribution in [-0.2, 0) is 0 Å². The van der Waals surface area contributed by atoms with Crippen LogP contribution in [0.2, 0.25) is 0 Å². The third kappa shape index (κ3) is 3.65. The summed E-state index contributed by atoms with van der Waals surface area (Å²) in [5.74, 6) is 3.68. The molecule has 0 aliphatic carbocycles. The molecule has 0 aromatic rings. The van der Waals surface area contributed by atoms with Crippen molar-refractivity contribution in [3.8, 4) is 0 Å². The fourth-order valence-electron chi connectivity index (χ4n) is 2.61. The van der Waals surface area contributed by atoms with Crippen molar-refractivity contribution < 1.29 is 0 Å². The molecule has 0 spiro atoms. The maximum absolute atomic E-state index is 3.51. The van der Waals surface area contributed by atoms with Crippen molar-refractivity contribution in [2.45, 2.75) is 31.7 Å². The minimum Gasteiger partial charge on any atom is -0.316 e. The lowest BCUT2D eigenvalue weighted by molar-refractivity contribution is 0.229. The fraction of sp³-hybridized carbons (Fsp3) is 1.00. The summed E-state index contributed by atoms with van der Waals surface area (Å²) in [6, 6.07) is 0.867.